The van der Waals surface area contributed by atoms with Gasteiger partial charge in [0.15, 0.2) is 0 Å². The summed E-state index contributed by atoms with van der Waals surface area (Å²) in [6, 6.07) is 9.04. The van der Waals surface area contributed by atoms with E-state index in [1.807, 2.05) is 26.0 Å². The molecule has 5 heteroatoms. The molecule has 0 aliphatic carbocycles. The third-order valence-electron chi connectivity index (χ3n) is 2.65. The summed E-state index contributed by atoms with van der Waals surface area (Å²) in [5.74, 6) is -1.05. The van der Waals surface area contributed by atoms with Gasteiger partial charge in [-0.05, 0) is 37.6 Å². The lowest BCUT2D eigenvalue weighted by atomic mass is 10.2. The van der Waals surface area contributed by atoms with Crippen molar-refractivity contribution in [3.05, 3.63) is 47.2 Å². The van der Waals surface area contributed by atoms with E-state index in [2.05, 4.69) is 11.1 Å². The van der Waals surface area contributed by atoms with Crippen molar-refractivity contribution in [2.45, 2.75) is 23.8 Å². The molecule has 0 radical (unpaired) electrons. The molecule has 0 atom stereocenters. The first kappa shape index (κ1) is 13.4. The van der Waals surface area contributed by atoms with E-state index in [1.54, 1.807) is 6.07 Å². The van der Waals surface area contributed by atoms with Crippen molar-refractivity contribution in [2.75, 3.05) is 5.73 Å². The van der Waals surface area contributed by atoms with Gasteiger partial charge in [0.25, 0.3) is 0 Å². The number of carboxylic acid groups (broad SMARTS) is 1. The molecule has 0 fully saturated rings. The molecular weight excluding hydrogens is 260 g/mol. The Labute approximate surface area is 115 Å². The van der Waals surface area contributed by atoms with Gasteiger partial charge in [-0.3, -0.25) is 0 Å². The van der Waals surface area contributed by atoms with Crippen LogP contribution in [0, 0.1) is 13.8 Å². The molecule has 0 bridgehead atoms. The van der Waals surface area contributed by atoms with Crippen LogP contribution in [0.2, 0.25) is 0 Å². The molecule has 1 heterocycles. The number of benzene rings is 1. The molecule has 2 rings (SSSR count). The zero-order valence-electron chi connectivity index (χ0n) is 10.7. The Kier molecular flexibility index (Phi) is 3.76. The molecule has 0 aliphatic heterocycles. The van der Waals surface area contributed by atoms with Crippen molar-refractivity contribution >= 4 is 23.4 Å². The average molecular weight is 274 g/mol. The standard InChI is InChI=1S/C14H14N2O2S/c1-8-3-6-12(9(2)7-8)19-13-10(15)4-5-11(16-13)14(17)18/h3-7H,15H2,1-2H3,(H,17,18). The number of aryl methyl sites for hydroxylation is 2. The van der Waals surface area contributed by atoms with E-state index in [1.165, 1.54) is 23.4 Å². The zero-order valence-corrected chi connectivity index (χ0v) is 11.5. The van der Waals surface area contributed by atoms with Crippen LogP contribution in [0.5, 0.6) is 0 Å². The van der Waals surface area contributed by atoms with Gasteiger partial charge >= 0.3 is 5.97 Å². The summed E-state index contributed by atoms with van der Waals surface area (Å²) in [5.41, 5.74) is 8.62. The predicted octanol–water partition coefficient (Wildman–Crippen LogP) is 3.13. The van der Waals surface area contributed by atoms with E-state index in [4.69, 9.17) is 10.8 Å². The molecule has 3 N–H and O–H groups in total. The fraction of sp³-hybridized carbons (Fsp3) is 0.143. The van der Waals surface area contributed by atoms with Crippen molar-refractivity contribution < 1.29 is 9.90 Å². The van der Waals surface area contributed by atoms with Crippen LogP contribution in [0.1, 0.15) is 21.6 Å². The second-order valence-electron chi connectivity index (χ2n) is 4.27. The molecule has 1 aromatic carbocycles. The second-order valence-corrected chi connectivity index (χ2v) is 5.30. The maximum absolute atomic E-state index is 10.9. The summed E-state index contributed by atoms with van der Waals surface area (Å²) < 4.78 is 0. The number of hydrogen-bond acceptors (Lipinski definition) is 4. The molecule has 0 unspecified atom stereocenters. The highest BCUT2D eigenvalue weighted by Gasteiger charge is 2.11. The molecule has 2 aromatic rings. The minimum Gasteiger partial charge on any atom is -0.477 e. The van der Waals surface area contributed by atoms with Gasteiger partial charge in [-0.1, -0.05) is 29.5 Å². The number of nitrogens with zero attached hydrogens (tertiary/aromatic N) is 1. The summed E-state index contributed by atoms with van der Waals surface area (Å²) in [7, 11) is 0. The number of anilines is 1. The van der Waals surface area contributed by atoms with Gasteiger partial charge in [0, 0.05) is 4.90 Å². The van der Waals surface area contributed by atoms with E-state index in [0.717, 1.165) is 10.5 Å². The quantitative estimate of drug-likeness (QED) is 0.899. The van der Waals surface area contributed by atoms with E-state index in [9.17, 15) is 4.79 Å². The number of pyridine rings is 1. The normalized spacial score (nSPS) is 10.4. The van der Waals surface area contributed by atoms with Crippen LogP contribution in [-0.4, -0.2) is 16.1 Å². The van der Waals surface area contributed by atoms with Crippen LogP contribution in [0.25, 0.3) is 0 Å². The summed E-state index contributed by atoms with van der Waals surface area (Å²) in [4.78, 5) is 16.0. The highest BCUT2D eigenvalue weighted by molar-refractivity contribution is 7.99. The minimum absolute atomic E-state index is 0.00136. The average Bonchev–Trinajstić information content (AvgIpc) is 2.34. The molecular formula is C14H14N2O2S. The van der Waals surface area contributed by atoms with Gasteiger partial charge in [-0.25, -0.2) is 9.78 Å². The summed E-state index contributed by atoms with van der Waals surface area (Å²) in [5, 5.41) is 9.46. The third kappa shape index (κ3) is 3.06. The Bertz CT molecular complexity index is 641. The van der Waals surface area contributed by atoms with Gasteiger partial charge in [0.2, 0.25) is 0 Å². The predicted molar refractivity (Wildman–Crippen MR) is 75.6 cm³/mol. The Morgan fingerprint density at radius 2 is 2.00 bits per heavy atom. The van der Waals surface area contributed by atoms with Gasteiger partial charge in [0.05, 0.1) is 5.69 Å². The number of rotatable bonds is 3. The lowest BCUT2D eigenvalue weighted by Crippen LogP contribution is -2.03. The van der Waals surface area contributed by atoms with Crippen LogP contribution < -0.4 is 5.73 Å². The van der Waals surface area contributed by atoms with Crippen LogP contribution >= 0.6 is 11.8 Å². The molecule has 0 saturated heterocycles. The first-order chi connectivity index (χ1) is 8.97. The smallest absolute Gasteiger partial charge is 0.354 e. The Morgan fingerprint density at radius 3 is 2.63 bits per heavy atom. The number of aromatic nitrogens is 1. The molecule has 0 spiro atoms. The molecule has 0 aliphatic rings. The van der Waals surface area contributed by atoms with E-state index >= 15 is 0 Å². The van der Waals surface area contributed by atoms with Gasteiger partial charge < -0.3 is 10.8 Å². The number of carboxylic acids is 1. The van der Waals surface area contributed by atoms with Gasteiger partial charge in [0.1, 0.15) is 10.7 Å². The zero-order chi connectivity index (χ0) is 14.0. The maximum Gasteiger partial charge on any atom is 0.354 e. The van der Waals surface area contributed by atoms with E-state index in [0.29, 0.717) is 10.7 Å². The molecule has 1 aromatic heterocycles. The summed E-state index contributed by atoms with van der Waals surface area (Å²) in [6.45, 7) is 4.03. The lowest BCUT2D eigenvalue weighted by Gasteiger charge is -2.08. The number of aromatic carboxylic acids is 1. The first-order valence-corrected chi connectivity index (χ1v) is 6.54. The van der Waals surface area contributed by atoms with Crippen molar-refractivity contribution in [1.82, 2.24) is 4.98 Å². The minimum atomic E-state index is -1.05. The Balaban J connectivity index is 2.37. The van der Waals surface area contributed by atoms with Crippen LogP contribution in [-0.2, 0) is 0 Å². The Morgan fingerprint density at radius 1 is 1.26 bits per heavy atom. The van der Waals surface area contributed by atoms with Crippen molar-refractivity contribution in [2.24, 2.45) is 0 Å². The third-order valence-corrected chi connectivity index (χ3v) is 3.84. The van der Waals surface area contributed by atoms with E-state index < -0.39 is 5.97 Å². The monoisotopic (exact) mass is 274 g/mol. The van der Waals surface area contributed by atoms with Crippen molar-refractivity contribution in [3.8, 4) is 0 Å². The molecule has 19 heavy (non-hydrogen) atoms. The van der Waals surface area contributed by atoms with Crippen LogP contribution in [0.3, 0.4) is 0 Å². The van der Waals surface area contributed by atoms with Crippen molar-refractivity contribution in [1.29, 1.82) is 0 Å². The molecule has 0 amide bonds. The highest BCUT2D eigenvalue weighted by atomic mass is 32.2. The topological polar surface area (TPSA) is 76.2 Å². The molecule has 98 valence electrons. The number of carbonyl (C=O) groups is 1. The van der Waals surface area contributed by atoms with Crippen LogP contribution in [0.4, 0.5) is 5.69 Å². The van der Waals surface area contributed by atoms with Crippen LogP contribution in [0.15, 0.2) is 40.3 Å². The first-order valence-electron chi connectivity index (χ1n) is 5.72. The Hall–Kier alpha value is -2.01. The fourth-order valence-corrected chi connectivity index (χ4v) is 2.56. The second kappa shape index (κ2) is 5.32. The summed E-state index contributed by atoms with van der Waals surface area (Å²) >= 11 is 1.38. The number of nitrogens with two attached hydrogens (primary N) is 1. The van der Waals surface area contributed by atoms with Gasteiger partial charge in [-0.15, -0.1) is 0 Å². The highest BCUT2D eigenvalue weighted by Crippen LogP contribution is 2.32. The SMILES string of the molecule is Cc1ccc(Sc2nc(C(=O)O)ccc2N)c(C)c1. The lowest BCUT2D eigenvalue weighted by molar-refractivity contribution is 0.0690. The largest absolute Gasteiger partial charge is 0.477 e. The van der Waals surface area contributed by atoms with Crippen molar-refractivity contribution in [3.63, 3.8) is 0 Å². The number of hydrogen-bond donors (Lipinski definition) is 2. The van der Waals surface area contributed by atoms with Gasteiger partial charge in [-0.2, -0.15) is 0 Å². The molecule has 4 nitrogen and oxygen atoms in total. The maximum atomic E-state index is 10.9. The molecule has 0 saturated carbocycles. The number of nitrogen functional groups attached to an aromatic ring is 1. The summed E-state index contributed by atoms with van der Waals surface area (Å²) in [6.07, 6.45) is 0. The fourth-order valence-electron chi connectivity index (χ4n) is 1.67. The van der Waals surface area contributed by atoms with E-state index in [-0.39, 0.29) is 5.69 Å².